The van der Waals surface area contributed by atoms with Crippen LogP contribution in [0.2, 0.25) is 0 Å². The van der Waals surface area contributed by atoms with Crippen molar-refractivity contribution in [1.82, 2.24) is 10.6 Å². The largest absolute Gasteiger partial charge is 0.466 e. The predicted molar refractivity (Wildman–Crippen MR) is 87.6 cm³/mol. The van der Waals surface area contributed by atoms with Gasteiger partial charge in [0.25, 0.3) is 0 Å². The smallest absolute Gasteiger partial charge is 0.338 e. The van der Waals surface area contributed by atoms with E-state index in [1.807, 2.05) is 11.4 Å². The molecule has 0 aliphatic carbocycles. The van der Waals surface area contributed by atoms with Gasteiger partial charge in [0.05, 0.1) is 18.7 Å². The van der Waals surface area contributed by atoms with E-state index in [-0.39, 0.29) is 12.0 Å². The molecule has 1 atom stereocenters. The first-order valence-electron chi connectivity index (χ1n) is 6.19. The molecule has 2 N–H and O–H groups in total. The average molecular weight is 375 g/mol. The molecule has 108 valence electrons. The minimum Gasteiger partial charge on any atom is -0.466 e. The number of carbonyl (C=O) groups excluding carboxylic acids is 1. The Morgan fingerprint density at radius 3 is 2.90 bits per heavy atom. The van der Waals surface area contributed by atoms with Gasteiger partial charge in [-0.3, -0.25) is 0 Å². The number of esters is 1. The second kappa shape index (κ2) is 6.69. The molecule has 1 aromatic rings. The lowest BCUT2D eigenvalue weighted by Crippen LogP contribution is -2.45. The zero-order valence-corrected chi connectivity index (χ0v) is 14.4. The molecule has 1 aliphatic rings. The van der Waals surface area contributed by atoms with E-state index in [1.54, 1.807) is 11.3 Å². The summed E-state index contributed by atoms with van der Waals surface area (Å²) in [5.74, 6) is -0.328. The van der Waals surface area contributed by atoms with E-state index in [9.17, 15) is 4.79 Å². The highest BCUT2D eigenvalue weighted by Gasteiger charge is 2.32. The van der Waals surface area contributed by atoms with E-state index in [0.717, 1.165) is 27.9 Å². The van der Waals surface area contributed by atoms with Crippen LogP contribution in [0.25, 0.3) is 0 Å². The first kappa shape index (κ1) is 15.5. The van der Waals surface area contributed by atoms with Gasteiger partial charge in [0.15, 0.2) is 5.11 Å². The average Bonchev–Trinajstić information content (AvgIpc) is 2.84. The van der Waals surface area contributed by atoms with Gasteiger partial charge in [-0.05, 0) is 40.6 Å². The molecule has 0 aromatic carbocycles. The molecular formula is C13H15BrN2O2S2. The second-order valence-corrected chi connectivity index (χ2v) is 6.60. The number of nitrogens with one attached hydrogen (secondary N) is 2. The van der Waals surface area contributed by atoms with Crippen LogP contribution in [0.1, 0.15) is 30.7 Å². The summed E-state index contributed by atoms with van der Waals surface area (Å²) in [6, 6.07) is 1.73. The van der Waals surface area contributed by atoms with Crippen LogP contribution in [0.4, 0.5) is 0 Å². The maximum Gasteiger partial charge on any atom is 0.338 e. The number of halogens is 1. The van der Waals surface area contributed by atoms with Gasteiger partial charge >= 0.3 is 5.97 Å². The minimum atomic E-state index is -0.328. The van der Waals surface area contributed by atoms with Crippen molar-refractivity contribution in [1.29, 1.82) is 0 Å². The first-order valence-corrected chi connectivity index (χ1v) is 8.27. The van der Waals surface area contributed by atoms with Crippen molar-refractivity contribution in [3.05, 3.63) is 32.1 Å². The lowest BCUT2D eigenvalue weighted by Gasteiger charge is -2.30. The van der Waals surface area contributed by atoms with Crippen molar-refractivity contribution in [2.45, 2.75) is 25.8 Å². The third kappa shape index (κ3) is 3.21. The number of hydrogen-bond donors (Lipinski definition) is 2. The number of methoxy groups -OCH3 is 1. The molecule has 20 heavy (non-hydrogen) atoms. The van der Waals surface area contributed by atoms with Crippen molar-refractivity contribution >= 4 is 50.6 Å². The fourth-order valence-electron chi connectivity index (χ4n) is 2.11. The molecule has 4 nitrogen and oxygen atoms in total. The summed E-state index contributed by atoms with van der Waals surface area (Å²) in [5.41, 5.74) is 1.45. The van der Waals surface area contributed by atoms with E-state index < -0.39 is 0 Å². The maximum atomic E-state index is 12.1. The molecule has 0 saturated carbocycles. The van der Waals surface area contributed by atoms with Gasteiger partial charge in [0.1, 0.15) is 0 Å². The van der Waals surface area contributed by atoms with E-state index in [2.05, 4.69) is 33.5 Å². The predicted octanol–water partition coefficient (Wildman–Crippen LogP) is 3.26. The Hall–Kier alpha value is -0.920. The van der Waals surface area contributed by atoms with Crippen LogP contribution in [-0.2, 0) is 9.53 Å². The van der Waals surface area contributed by atoms with E-state index in [1.165, 1.54) is 7.11 Å². The molecule has 2 heterocycles. The molecule has 0 spiro atoms. The monoisotopic (exact) mass is 374 g/mol. The van der Waals surface area contributed by atoms with Crippen molar-refractivity contribution in [3.63, 3.8) is 0 Å². The molecule has 1 aliphatic heterocycles. The van der Waals surface area contributed by atoms with Crippen molar-refractivity contribution in [2.75, 3.05) is 7.11 Å². The molecule has 7 heteroatoms. The first-order chi connectivity index (χ1) is 9.56. The molecule has 1 aromatic heterocycles. The summed E-state index contributed by atoms with van der Waals surface area (Å²) < 4.78 is 5.92. The Kier molecular flexibility index (Phi) is 5.17. The van der Waals surface area contributed by atoms with Gasteiger partial charge in [0, 0.05) is 20.4 Å². The number of ether oxygens (including phenoxy) is 1. The van der Waals surface area contributed by atoms with Crippen molar-refractivity contribution in [2.24, 2.45) is 0 Å². The normalized spacial score (nSPS) is 18.6. The summed E-state index contributed by atoms with van der Waals surface area (Å²) in [7, 11) is 1.40. The standard InChI is InChI=1S/C13H15BrN2O2S2/c1-3-4-8-10(12(17)18-2)11(16-13(19)15-8)9-5-7(14)6-20-9/h5-6,11H,3-4H2,1-2H3,(H2,15,16,19)/t11-/m1/s1. The number of hydrogen-bond acceptors (Lipinski definition) is 4. The summed E-state index contributed by atoms with van der Waals surface area (Å²) in [5, 5.41) is 8.75. The Morgan fingerprint density at radius 2 is 2.35 bits per heavy atom. The van der Waals surface area contributed by atoms with E-state index in [0.29, 0.717) is 10.7 Å². The van der Waals surface area contributed by atoms with Crippen LogP contribution >= 0.6 is 39.5 Å². The summed E-state index contributed by atoms with van der Waals surface area (Å²) in [6.45, 7) is 2.06. The SMILES string of the molecule is CCCC1=C(C(=O)OC)[C@@H](c2cc(Br)cs2)NC(=S)N1. The number of carbonyl (C=O) groups is 1. The molecular weight excluding hydrogens is 360 g/mol. The van der Waals surface area contributed by atoms with Gasteiger partial charge in [-0.25, -0.2) is 4.79 Å². The summed E-state index contributed by atoms with van der Waals surface area (Å²) >= 11 is 10.2. The molecule has 0 amide bonds. The van der Waals surface area contributed by atoms with Crippen LogP contribution in [0.15, 0.2) is 27.2 Å². The second-order valence-electron chi connectivity index (χ2n) is 4.33. The number of thiophene rings is 1. The van der Waals surface area contributed by atoms with Crippen molar-refractivity contribution in [3.8, 4) is 0 Å². The zero-order valence-electron chi connectivity index (χ0n) is 11.2. The number of allylic oxidation sites excluding steroid dienone is 1. The third-order valence-electron chi connectivity index (χ3n) is 2.93. The maximum absolute atomic E-state index is 12.1. The van der Waals surface area contributed by atoms with Crippen LogP contribution in [0.5, 0.6) is 0 Å². The fraction of sp³-hybridized carbons (Fsp3) is 0.385. The molecule has 0 radical (unpaired) electrons. The highest BCUT2D eigenvalue weighted by atomic mass is 79.9. The van der Waals surface area contributed by atoms with Gasteiger partial charge in [-0.1, -0.05) is 13.3 Å². The lowest BCUT2D eigenvalue weighted by atomic mass is 9.99. The highest BCUT2D eigenvalue weighted by molar-refractivity contribution is 9.10. The van der Waals surface area contributed by atoms with Crippen molar-refractivity contribution < 1.29 is 9.53 Å². The molecule has 0 unspecified atom stereocenters. The molecule has 0 saturated heterocycles. The van der Waals surface area contributed by atoms with Gasteiger partial charge in [-0.2, -0.15) is 0 Å². The Labute approximate surface area is 135 Å². The Balaban J connectivity index is 2.48. The zero-order chi connectivity index (χ0) is 14.7. The lowest BCUT2D eigenvalue weighted by molar-refractivity contribution is -0.136. The number of thiocarbonyl (C=S) groups is 1. The third-order valence-corrected chi connectivity index (χ3v) is 4.91. The minimum absolute atomic E-state index is 0.256. The van der Waals surface area contributed by atoms with Crippen LogP contribution in [0.3, 0.4) is 0 Å². The Morgan fingerprint density at radius 1 is 1.60 bits per heavy atom. The Bertz CT molecular complexity index is 568. The van der Waals surface area contributed by atoms with Crippen LogP contribution in [0, 0.1) is 0 Å². The summed E-state index contributed by atoms with van der Waals surface area (Å²) in [6.07, 6.45) is 1.68. The molecule has 2 rings (SSSR count). The van der Waals surface area contributed by atoms with E-state index in [4.69, 9.17) is 17.0 Å². The number of rotatable bonds is 4. The fourth-order valence-corrected chi connectivity index (χ4v) is 3.85. The van der Waals surface area contributed by atoms with Crippen LogP contribution in [-0.4, -0.2) is 18.2 Å². The quantitative estimate of drug-likeness (QED) is 0.625. The highest BCUT2D eigenvalue weighted by Crippen LogP contribution is 2.34. The van der Waals surface area contributed by atoms with Crippen LogP contribution < -0.4 is 10.6 Å². The van der Waals surface area contributed by atoms with Gasteiger partial charge in [0.2, 0.25) is 0 Å². The molecule has 0 bridgehead atoms. The van der Waals surface area contributed by atoms with Gasteiger partial charge in [-0.15, -0.1) is 11.3 Å². The molecule has 0 fully saturated rings. The van der Waals surface area contributed by atoms with E-state index >= 15 is 0 Å². The topological polar surface area (TPSA) is 50.4 Å². The summed E-state index contributed by atoms with van der Waals surface area (Å²) in [4.78, 5) is 13.2. The van der Waals surface area contributed by atoms with Gasteiger partial charge < -0.3 is 15.4 Å².